The van der Waals surface area contributed by atoms with E-state index in [0.717, 1.165) is 45.1 Å². The molecule has 0 aliphatic carbocycles. The molecule has 0 fully saturated rings. The van der Waals surface area contributed by atoms with Crippen LogP contribution in [0.1, 0.15) is 16.0 Å². The van der Waals surface area contributed by atoms with Crippen LogP contribution in [0.5, 0.6) is 23.1 Å². The summed E-state index contributed by atoms with van der Waals surface area (Å²) >= 11 is 1.00. The summed E-state index contributed by atoms with van der Waals surface area (Å²) in [7, 11) is 0. The molecule has 8 nitrogen and oxygen atoms in total. The summed E-state index contributed by atoms with van der Waals surface area (Å²) in [5, 5.41) is 9.71. The largest absolute Gasteiger partial charge is 0.494 e. The third-order valence-electron chi connectivity index (χ3n) is 5.58. The Morgan fingerprint density at radius 3 is 2.50 bits per heavy atom. The standard InChI is InChI=1S/C27H24N2O6S/c1-17(19-4-6-20(7-5-19)21-8-11-23-24(15-21)34-16-33-23)29-35-13-12-32-22-9-2-18(3-10-22)14-25-26(30)28-27(31)36-25/h2-11,15,29-30H,1,12-14,16H2,(H,28,31). The number of aromatic nitrogens is 1. The van der Waals surface area contributed by atoms with Crippen molar-refractivity contribution in [3.05, 3.63) is 99.0 Å². The first-order chi connectivity index (χ1) is 17.5. The minimum Gasteiger partial charge on any atom is -0.494 e. The van der Waals surface area contributed by atoms with Crippen LogP contribution in [0, 0.1) is 0 Å². The van der Waals surface area contributed by atoms with Crippen LogP contribution in [0.2, 0.25) is 0 Å². The predicted molar refractivity (Wildman–Crippen MR) is 137 cm³/mol. The van der Waals surface area contributed by atoms with Crippen LogP contribution in [0.4, 0.5) is 0 Å². The summed E-state index contributed by atoms with van der Waals surface area (Å²) in [6.07, 6.45) is 0.475. The third-order valence-corrected chi connectivity index (χ3v) is 6.45. The summed E-state index contributed by atoms with van der Waals surface area (Å²) in [4.78, 5) is 19.5. The van der Waals surface area contributed by atoms with Crippen molar-refractivity contribution >= 4 is 17.0 Å². The Balaban J connectivity index is 1.05. The molecule has 2 heterocycles. The quantitative estimate of drug-likeness (QED) is 0.213. The van der Waals surface area contributed by atoms with Crippen LogP contribution < -0.4 is 24.6 Å². The smallest absolute Gasteiger partial charge is 0.307 e. The molecule has 0 atom stereocenters. The van der Waals surface area contributed by atoms with Crippen LogP contribution in [0.25, 0.3) is 16.8 Å². The minimum atomic E-state index is -0.267. The van der Waals surface area contributed by atoms with Gasteiger partial charge in [-0.2, -0.15) is 0 Å². The molecule has 0 radical (unpaired) electrons. The summed E-state index contributed by atoms with van der Waals surface area (Å²) in [5.74, 6) is 2.15. The van der Waals surface area contributed by atoms with Crippen LogP contribution in [-0.2, 0) is 11.3 Å². The number of thiazole rings is 1. The lowest BCUT2D eigenvalue weighted by Gasteiger charge is -2.12. The van der Waals surface area contributed by atoms with E-state index in [1.54, 1.807) is 0 Å². The fourth-order valence-corrected chi connectivity index (χ4v) is 4.46. The van der Waals surface area contributed by atoms with E-state index in [-0.39, 0.29) is 17.5 Å². The molecule has 0 saturated heterocycles. The second-order valence-electron chi connectivity index (χ2n) is 8.03. The molecule has 0 amide bonds. The van der Waals surface area contributed by atoms with E-state index in [4.69, 9.17) is 19.0 Å². The first-order valence-corrected chi connectivity index (χ1v) is 12.1. The summed E-state index contributed by atoms with van der Waals surface area (Å²) in [6.45, 7) is 4.96. The second-order valence-corrected chi connectivity index (χ2v) is 9.10. The van der Waals surface area contributed by atoms with Crippen LogP contribution >= 0.6 is 11.3 Å². The van der Waals surface area contributed by atoms with E-state index < -0.39 is 0 Å². The minimum absolute atomic E-state index is 0.0720. The van der Waals surface area contributed by atoms with Crippen molar-refractivity contribution in [2.45, 2.75) is 6.42 Å². The van der Waals surface area contributed by atoms with Crippen molar-refractivity contribution in [2.75, 3.05) is 20.0 Å². The molecule has 184 valence electrons. The molecule has 0 spiro atoms. The van der Waals surface area contributed by atoms with Gasteiger partial charge in [0, 0.05) is 6.42 Å². The van der Waals surface area contributed by atoms with Gasteiger partial charge in [-0.05, 0) is 46.5 Å². The van der Waals surface area contributed by atoms with Gasteiger partial charge in [-0.3, -0.25) is 20.1 Å². The molecule has 0 bridgehead atoms. The molecule has 36 heavy (non-hydrogen) atoms. The number of benzene rings is 3. The number of aromatic hydroxyl groups is 1. The van der Waals surface area contributed by atoms with Gasteiger partial charge in [0.2, 0.25) is 12.7 Å². The molecule has 0 unspecified atom stereocenters. The zero-order valence-corrected chi connectivity index (χ0v) is 20.1. The first-order valence-electron chi connectivity index (χ1n) is 11.2. The Morgan fingerprint density at radius 1 is 1.00 bits per heavy atom. The number of ether oxygens (including phenoxy) is 3. The lowest BCUT2D eigenvalue weighted by molar-refractivity contribution is 0.0541. The first kappa shape index (κ1) is 23.5. The number of hydroxylamine groups is 1. The maximum atomic E-state index is 11.3. The van der Waals surface area contributed by atoms with E-state index in [0.29, 0.717) is 36.0 Å². The monoisotopic (exact) mass is 504 g/mol. The van der Waals surface area contributed by atoms with Gasteiger partial charge in [-0.25, -0.2) is 0 Å². The highest BCUT2D eigenvalue weighted by Crippen LogP contribution is 2.36. The number of nitrogens with one attached hydrogen (secondary N) is 2. The normalized spacial score (nSPS) is 11.9. The molecule has 1 aliphatic heterocycles. The van der Waals surface area contributed by atoms with Crippen molar-refractivity contribution in [3.8, 4) is 34.3 Å². The molecule has 1 aromatic heterocycles. The molecule has 3 aromatic carbocycles. The lowest BCUT2D eigenvalue weighted by Crippen LogP contribution is -2.17. The Kier molecular flexibility index (Phi) is 6.92. The number of hydrogen-bond acceptors (Lipinski definition) is 8. The second kappa shape index (κ2) is 10.6. The topological polar surface area (TPSA) is 102 Å². The van der Waals surface area contributed by atoms with E-state index in [1.165, 1.54) is 0 Å². The number of aromatic amines is 1. The number of fused-ring (bicyclic) bond motifs is 1. The van der Waals surface area contributed by atoms with Gasteiger partial charge in [0.05, 0.1) is 10.6 Å². The Morgan fingerprint density at radius 2 is 1.75 bits per heavy atom. The van der Waals surface area contributed by atoms with E-state index in [9.17, 15) is 9.90 Å². The SMILES string of the molecule is C=C(NOCCOc1ccc(Cc2sc(=O)[nH]c2O)cc1)c1ccc(-c2ccc3c(c2)OCO3)cc1. The van der Waals surface area contributed by atoms with Gasteiger partial charge in [0.15, 0.2) is 11.5 Å². The fraction of sp³-hybridized carbons (Fsp3) is 0.148. The lowest BCUT2D eigenvalue weighted by atomic mass is 10.0. The highest BCUT2D eigenvalue weighted by molar-refractivity contribution is 7.09. The van der Waals surface area contributed by atoms with Gasteiger partial charge < -0.3 is 19.3 Å². The highest BCUT2D eigenvalue weighted by Gasteiger charge is 2.14. The Bertz CT molecular complexity index is 1410. The molecule has 0 saturated carbocycles. The average Bonchev–Trinajstić information content (AvgIpc) is 3.49. The Hall–Kier alpha value is -4.21. The number of hydrogen-bond donors (Lipinski definition) is 3. The zero-order chi connectivity index (χ0) is 24.9. The van der Waals surface area contributed by atoms with E-state index in [1.807, 2.05) is 66.7 Å². The highest BCUT2D eigenvalue weighted by atomic mass is 32.1. The van der Waals surface area contributed by atoms with Crippen molar-refractivity contribution in [1.82, 2.24) is 10.5 Å². The van der Waals surface area contributed by atoms with Crippen LogP contribution in [0.15, 0.2) is 78.1 Å². The van der Waals surface area contributed by atoms with Crippen molar-refractivity contribution in [2.24, 2.45) is 0 Å². The maximum Gasteiger partial charge on any atom is 0.307 e. The van der Waals surface area contributed by atoms with Crippen LogP contribution in [0.3, 0.4) is 0 Å². The van der Waals surface area contributed by atoms with Gasteiger partial charge in [0.1, 0.15) is 19.0 Å². The van der Waals surface area contributed by atoms with Gasteiger partial charge in [-0.1, -0.05) is 60.4 Å². The third kappa shape index (κ3) is 5.54. The molecular formula is C27H24N2O6S. The van der Waals surface area contributed by atoms with Gasteiger partial charge >= 0.3 is 4.87 Å². The number of rotatable bonds is 10. The fourth-order valence-electron chi connectivity index (χ4n) is 3.70. The molecule has 5 rings (SSSR count). The summed E-state index contributed by atoms with van der Waals surface area (Å²) in [5.41, 5.74) is 7.49. The zero-order valence-electron chi connectivity index (χ0n) is 19.3. The molecule has 3 N–H and O–H groups in total. The van der Waals surface area contributed by atoms with Crippen molar-refractivity contribution in [3.63, 3.8) is 0 Å². The Labute approximate surface area is 211 Å². The summed E-state index contributed by atoms with van der Waals surface area (Å²) < 4.78 is 16.5. The molecular weight excluding hydrogens is 480 g/mol. The van der Waals surface area contributed by atoms with Gasteiger partial charge in [0.25, 0.3) is 0 Å². The van der Waals surface area contributed by atoms with Crippen molar-refractivity contribution < 1.29 is 24.2 Å². The van der Waals surface area contributed by atoms with E-state index >= 15 is 0 Å². The maximum absolute atomic E-state index is 11.3. The summed E-state index contributed by atoms with van der Waals surface area (Å²) in [6, 6.07) is 21.3. The van der Waals surface area contributed by atoms with Crippen LogP contribution in [-0.4, -0.2) is 30.1 Å². The van der Waals surface area contributed by atoms with Gasteiger partial charge in [-0.15, -0.1) is 0 Å². The molecule has 1 aliphatic rings. The predicted octanol–water partition coefficient (Wildman–Crippen LogP) is 4.70. The average molecular weight is 505 g/mol. The number of H-pyrrole nitrogens is 1. The van der Waals surface area contributed by atoms with Crippen molar-refractivity contribution in [1.29, 1.82) is 0 Å². The molecule has 9 heteroatoms. The molecule has 4 aromatic rings. The van der Waals surface area contributed by atoms with E-state index in [2.05, 4.69) is 17.0 Å².